The van der Waals surface area contributed by atoms with Crippen LogP contribution in [0.15, 0.2) is 33.6 Å². The van der Waals surface area contributed by atoms with Crippen molar-refractivity contribution in [2.45, 2.75) is 50.0 Å². The van der Waals surface area contributed by atoms with Crippen LogP contribution >= 0.6 is 27.7 Å². The molecule has 0 aliphatic heterocycles. The molecule has 3 heteroatoms. The molecule has 1 aliphatic rings. The van der Waals surface area contributed by atoms with Gasteiger partial charge in [0.1, 0.15) is 0 Å². The molecule has 0 spiro atoms. The summed E-state index contributed by atoms with van der Waals surface area (Å²) in [6.07, 6.45) is 7.04. The predicted molar refractivity (Wildman–Crippen MR) is 93.5 cm³/mol. The third-order valence-electron chi connectivity index (χ3n) is 4.57. The largest absolute Gasteiger partial charge is 0.316 e. The van der Waals surface area contributed by atoms with Crippen LogP contribution in [0.4, 0.5) is 0 Å². The molecule has 3 unspecified atom stereocenters. The van der Waals surface area contributed by atoms with Crippen LogP contribution in [0, 0.1) is 11.8 Å². The van der Waals surface area contributed by atoms with Crippen LogP contribution in [0.25, 0.3) is 0 Å². The second-order valence-corrected chi connectivity index (χ2v) is 7.87. The summed E-state index contributed by atoms with van der Waals surface area (Å²) in [4.78, 5) is 1.36. The van der Waals surface area contributed by atoms with E-state index >= 15 is 0 Å². The Morgan fingerprint density at radius 3 is 2.95 bits per heavy atom. The Kier molecular flexibility index (Phi) is 6.92. The SMILES string of the molecule is CCC1CCCC(C(CSc2cccc(Br)c2)NC)C1. The molecule has 1 aliphatic carbocycles. The van der Waals surface area contributed by atoms with Crippen LogP contribution < -0.4 is 5.32 Å². The summed E-state index contributed by atoms with van der Waals surface area (Å²) >= 11 is 5.53. The van der Waals surface area contributed by atoms with Gasteiger partial charge < -0.3 is 5.32 Å². The van der Waals surface area contributed by atoms with Crippen molar-refractivity contribution < 1.29 is 0 Å². The zero-order valence-corrected chi connectivity index (χ0v) is 15.0. The van der Waals surface area contributed by atoms with Crippen molar-refractivity contribution in [2.75, 3.05) is 12.8 Å². The lowest BCUT2D eigenvalue weighted by molar-refractivity contribution is 0.223. The van der Waals surface area contributed by atoms with Crippen molar-refractivity contribution in [1.82, 2.24) is 5.32 Å². The van der Waals surface area contributed by atoms with E-state index in [0.29, 0.717) is 6.04 Å². The topological polar surface area (TPSA) is 12.0 Å². The van der Waals surface area contributed by atoms with Gasteiger partial charge in [-0.15, -0.1) is 11.8 Å². The molecule has 0 saturated heterocycles. The summed E-state index contributed by atoms with van der Waals surface area (Å²) in [5.41, 5.74) is 0. The Hall–Kier alpha value is 0.01000. The van der Waals surface area contributed by atoms with Crippen LogP contribution in [0.3, 0.4) is 0 Å². The number of rotatable bonds is 6. The van der Waals surface area contributed by atoms with Gasteiger partial charge in [-0.2, -0.15) is 0 Å². The second kappa shape index (κ2) is 8.45. The fourth-order valence-electron chi connectivity index (χ4n) is 3.27. The highest BCUT2D eigenvalue weighted by Crippen LogP contribution is 2.34. The highest BCUT2D eigenvalue weighted by molar-refractivity contribution is 9.10. The van der Waals surface area contributed by atoms with Crippen molar-refractivity contribution in [1.29, 1.82) is 0 Å². The van der Waals surface area contributed by atoms with Crippen LogP contribution in [-0.4, -0.2) is 18.8 Å². The van der Waals surface area contributed by atoms with Gasteiger partial charge in [-0.3, -0.25) is 0 Å². The fraction of sp³-hybridized carbons (Fsp3) is 0.647. The minimum atomic E-state index is 0.647. The maximum atomic E-state index is 3.57. The summed E-state index contributed by atoms with van der Waals surface area (Å²) in [6.45, 7) is 2.34. The zero-order valence-electron chi connectivity index (χ0n) is 12.6. The minimum Gasteiger partial charge on any atom is -0.316 e. The average molecular weight is 356 g/mol. The molecule has 1 aromatic rings. The molecule has 20 heavy (non-hydrogen) atoms. The molecular formula is C17H26BrNS. The van der Waals surface area contributed by atoms with Crippen LogP contribution in [0.1, 0.15) is 39.0 Å². The van der Waals surface area contributed by atoms with Crippen LogP contribution in [0.2, 0.25) is 0 Å². The Bertz CT molecular complexity index is 410. The molecule has 1 N–H and O–H groups in total. The van der Waals surface area contributed by atoms with Gasteiger partial charge in [0.15, 0.2) is 0 Å². The molecule has 1 aromatic carbocycles. The van der Waals surface area contributed by atoms with E-state index in [1.54, 1.807) is 0 Å². The normalized spacial score (nSPS) is 24.6. The summed E-state index contributed by atoms with van der Waals surface area (Å²) < 4.78 is 1.17. The molecule has 2 rings (SSSR count). The third kappa shape index (κ3) is 4.78. The number of thioether (sulfide) groups is 1. The summed E-state index contributed by atoms with van der Waals surface area (Å²) in [6, 6.07) is 9.28. The highest BCUT2D eigenvalue weighted by atomic mass is 79.9. The van der Waals surface area contributed by atoms with Crippen molar-refractivity contribution in [3.05, 3.63) is 28.7 Å². The molecule has 0 aromatic heterocycles. The third-order valence-corrected chi connectivity index (χ3v) is 6.17. The van der Waals surface area contributed by atoms with Gasteiger partial charge in [0.05, 0.1) is 0 Å². The van der Waals surface area contributed by atoms with E-state index in [9.17, 15) is 0 Å². The molecule has 0 radical (unpaired) electrons. The first-order valence-electron chi connectivity index (χ1n) is 7.78. The van der Waals surface area contributed by atoms with Crippen LogP contribution in [-0.2, 0) is 0 Å². The Labute approximate surface area is 136 Å². The zero-order chi connectivity index (χ0) is 14.4. The molecule has 1 fully saturated rings. The maximum Gasteiger partial charge on any atom is 0.0187 e. The molecule has 1 nitrogen and oxygen atoms in total. The number of benzene rings is 1. The Balaban J connectivity index is 1.88. The molecule has 3 atom stereocenters. The van der Waals surface area contributed by atoms with Gasteiger partial charge >= 0.3 is 0 Å². The molecule has 0 heterocycles. The quantitative estimate of drug-likeness (QED) is 0.690. The highest BCUT2D eigenvalue weighted by Gasteiger charge is 2.26. The van der Waals surface area contributed by atoms with Gasteiger partial charge in [0.25, 0.3) is 0 Å². The van der Waals surface area contributed by atoms with E-state index in [4.69, 9.17) is 0 Å². The second-order valence-electron chi connectivity index (χ2n) is 5.86. The van der Waals surface area contributed by atoms with E-state index in [1.807, 2.05) is 11.8 Å². The average Bonchev–Trinajstić information content (AvgIpc) is 2.48. The lowest BCUT2D eigenvalue weighted by atomic mass is 9.77. The number of hydrogen-bond donors (Lipinski definition) is 1. The maximum absolute atomic E-state index is 3.57. The van der Waals surface area contributed by atoms with Crippen LogP contribution in [0.5, 0.6) is 0 Å². The van der Waals surface area contributed by atoms with Gasteiger partial charge in [-0.1, -0.05) is 48.2 Å². The van der Waals surface area contributed by atoms with E-state index in [-0.39, 0.29) is 0 Å². The van der Waals surface area contributed by atoms with Gasteiger partial charge in [0, 0.05) is 21.2 Å². The molecule has 1 saturated carbocycles. The van der Waals surface area contributed by atoms with Crippen molar-refractivity contribution in [2.24, 2.45) is 11.8 Å². The summed E-state index contributed by atoms with van der Waals surface area (Å²) in [5.74, 6) is 2.99. The molecular weight excluding hydrogens is 330 g/mol. The fourth-order valence-corrected chi connectivity index (χ4v) is 5.01. The molecule has 112 valence electrons. The summed E-state index contributed by atoms with van der Waals surface area (Å²) in [7, 11) is 2.13. The van der Waals surface area contributed by atoms with Gasteiger partial charge in [-0.25, -0.2) is 0 Å². The van der Waals surface area contributed by atoms with E-state index < -0.39 is 0 Å². The molecule has 0 bridgehead atoms. The standard InChI is InChI=1S/C17H26BrNS/c1-3-13-6-4-7-14(10-13)17(19-2)12-20-16-9-5-8-15(18)11-16/h5,8-9,11,13-14,17,19H,3-4,6-7,10,12H2,1-2H3. The number of nitrogens with one attached hydrogen (secondary N) is 1. The number of halogens is 1. The van der Waals surface area contributed by atoms with Crippen molar-refractivity contribution in [3.63, 3.8) is 0 Å². The van der Waals surface area contributed by atoms with Crippen molar-refractivity contribution >= 4 is 27.7 Å². The first kappa shape index (κ1) is 16.4. The first-order valence-corrected chi connectivity index (χ1v) is 9.56. The van der Waals surface area contributed by atoms with E-state index in [2.05, 4.69) is 59.5 Å². The summed E-state index contributed by atoms with van der Waals surface area (Å²) in [5, 5.41) is 3.57. The smallest absolute Gasteiger partial charge is 0.0187 e. The Morgan fingerprint density at radius 1 is 1.40 bits per heavy atom. The first-order chi connectivity index (χ1) is 9.72. The van der Waals surface area contributed by atoms with Gasteiger partial charge in [-0.05, 0) is 49.9 Å². The minimum absolute atomic E-state index is 0.647. The predicted octanol–water partition coefficient (Wildman–Crippen LogP) is 5.35. The van der Waals surface area contributed by atoms with E-state index in [1.165, 1.54) is 47.2 Å². The number of hydrogen-bond acceptors (Lipinski definition) is 2. The Morgan fingerprint density at radius 2 is 2.25 bits per heavy atom. The van der Waals surface area contributed by atoms with Gasteiger partial charge in [0.2, 0.25) is 0 Å². The lowest BCUT2D eigenvalue weighted by Gasteiger charge is -2.34. The van der Waals surface area contributed by atoms with Crippen molar-refractivity contribution in [3.8, 4) is 0 Å². The lowest BCUT2D eigenvalue weighted by Crippen LogP contribution is -2.38. The van der Waals surface area contributed by atoms with E-state index in [0.717, 1.165) is 11.8 Å². The monoisotopic (exact) mass is 355 g/mol. The molecule has 0 amide bonds.